The second-order valence-electron chi connectivity index (χ2n) is 3.45. The van der Waals surface area contributed by atoms with E-state index in [9.17, 15) is 4.79 Å². The molecular formula is C11H11ClN4O2S. The Morgan fingerprint density at radius 3 is 3.11 bits per heavy atom. The van der Waals surface area contributed by atoms with Crippen molar-refractivity contribution in [1.29, 1.82) is 0 Å². The van der Waals surface area contributed by atoms with Crippen molar-refractivity contribution >= 4 is 35.0 Å². The van der Waals surface area contributed by atoms with Crippen molar-refractivity contribution in [2.75, 3.05) is 6.61 Å². The summed E-state index contributed by atoms with van der Waals surface area (Å²) in [5, 5.41) is 5.26. The molecule has 0 unspecified atom stereocenters. The number of hydrogen-bond acceptors (Lipinski definition) is 7. The Bertz CT molecular complexity index is 574. The summed E-state index contributed by atoms with van der Waals surface area (Å²) in [6, 6.07) is 1.64. The van der Waals surface area contributed by atoms with Crippen LogP contribution in [0.25, 0.3) is 5.70 Å². The summed E-state index contributed by atoms with van der Waals surface area (Å²) in [4.78, 5) is 19.3. The number of nitrogens with one attached hydrogen (secondary N) is 1. The highest BCUT2D eigenvalue weighted by Gasteiger charge is 2.21. The molecule has 0 atom stereocenters. The summed E-state index contributed by atoms with van der Waals surface area (Å²) in [5.74, 6) is -0.418. The topological polar surface area (TPSA) is 90.1 Å². The molecule has 3 N–H and O–H groups in total. The standard InChI is InChI=1S/C11H11ClN4O2S/c1-2-18-10(17)7-5-19-9(15-7)8(13)6-3-4-14-11(12)16-6/h3-5,15H,2,13H2,1H3/b9-8+. The SMILES string of the molecule is CCOC(=O)C1=CS/C(=C(/N)c2ccnc(Cl)n2)N1. The molecule has 0 aliphatic carbocycles. The smallest absolute Gasteiger partial charge is 0.355 e. The Hall–Kier alpha value is -1.73. The monoisotopic (exact) mass is 298 g/mol. The van der Waals surface area contributed by atoms with Gasteiger partial charge in [0.1, 0.15) is 10.7 Å². The number of rotatable bonds is 3. The first-order valence-electron chi connectivity index (χ1n) is 5.41. The van der Waals surface area contributed by atoms with Crippen LogP contribution in [0.5, 0.6) is 0 Å². The normalized spacial score (nSPS) is 16.6. The minimum Gasteiger partial charge on any atom is -0.461 e. The number of esters is 1. The molecule has 1 aromatic rings. The van der Waals surface area contributed by atoms with Crippen LogP contribution in [-0.4, -0.2) is 22.5 Å². The van der Waals surface area contributed by atoms with Crippen LogP contribution in [0.3, 0.4) is 0 Å². The van der Waals surface area contributed by atoms with Gasteiger partial charge < -0.3 is 15.8 Å². The van der Waals surface area contributed by atoms with E-state index in [2.05, 4.69) is 15.3 Å². The number of thioether (sulfide) groups is 1. The van der Waals surface area contributed by atoms with Crippen molar-refractivity contribution in [2.45, 2.75) is 6.92 Å². The number of ether oxygens (including phenoxy) is 1. The van der Waals surface area contributed by atoms with Gasteiger partial charge in [-0.3, -0.25) is 0 Å². The van der Waals surface area contributed by atoms with Crippen LogP contribution >= 0.6 is 23.4 Å². The molecule has 0 radical (unpaired) electrons. The van der Waals surface area contributed by atoms with Crippen LogP contribution in [0.1, 0.15) is 12.6 Å². The lowest BCUT2D eigenvalue weighted by Gasteiger charge is -2.07. The van der Waals surface area contributed by atoms with Gasteiger partial charge in [0.05, 0.1) is 18.0 Å². The van der Waals surface area contributed by atoms with Gasteiger partial charge in [0.25, 0.3) is 0 Å². The maximum absolute atomic E-state index is 11.5. The molecule has 19 heavy (non-hydrogen) atoms. The average molecular weight is 299 g/mol. The van der Waals surface area contributed by atoms with E-state index in [4.69, 9.17) is 22.1 Å². The largest absolute Gasteiger partial charge is 0.461 e. The van der Waals surface area contributed by atoms with Gasteiger partial charge >= 0.3 is 5.97 Å². The van der Waals surface area contributed by atoms with E-state index in [-0.39, 0.29) is 5.28 Å². The zero-order chi connectivity index (χ0) is 13.8. The molecule has 1 aliphatic rings. The maximum Gasteiger partial charge on any atom is 0.355 e. The van der Waals surface area contributed by atoms with E-state index in [0.29, 0.717) is 28.7 Å². The van der Waals surface area contributed by atoms with Gasteiger partial charge in [-0.2, -0.15) is 0 Å². The van der Waals surface area contributed by atoms with Crippen molar-refractivity contribution in [1.82, 2.24) is 15.3 Å². The Balaban J connectivity index is 2.16. The van der Waals surface area contributed by atoms with Gasteiger partial charge in [-0.15, -0.1) is 0 Å². The molecule has 2 rings (SSSR count). The number of aromatic nitrogens is 2. The third-order valence-corrected chi connectivity index (χ3v) is 3.28. The third-order valence-electron chi connectivity index (χ3n) is 2.18. The first-order valence-corrected chi connectivity index (χ1v) is 6.67. The second kappa shape index (κ2) is 5.94. The molecule has 0 bridgehead atoms. The van der Waals surface area contributed by atoms with Crippen LogP contribution in [0.2, 0.25) is 5.28 Å². The maximum atomic E-state index is 11.5. The summed E-state index contributed by atoms with van der Waals surface area (Å²) in [7, 11) is 0. The van der Waals surface area contributed by atoms with Gasteiger partial charge in [-0.05, 0) is 24.6 Å². The first kappa shape index (κ1) is 13.7. The molecule has 0 spiro atoms. The van der Waals surface area contributed by atoms with Crippen LogP contribution in [0.15, 0.2) is 28.4 Å². The lowest BCUT2D eigenvalue weighted by atomic mass is 10.3. The summed E-state index contributed by atoms with van der Waals surface area (Å²) >= 11 is 6.99. The van der Waals surface area contributed by atoms with Crippen molar-refractivity contribution in [3.05, 3.63) is 39.4 Å². The highest BCUT2D eigenvalue weighted by Crippen LogP contribution is 2.29. The summed E-state index contributed by atoms with van der Waals surface area (Å²) < 4.78 is 4.89. The molecule has 2 heterocycles. The lowest BCUT2D eigenvalue weighted by Crippen LogP contribution is -2.19. The Morgan fingerprint density at radius 2 is 2.42 bits per heavy atom. The summed E-state index contributed by atoms with van der Waals surface area (Å²) in [6.45, 7) is 2.06. The van der Waals surface area contributed by atoms with E-state index >= 15 is 0 Å². The number of nitrogens with two attached hydrogens (primary N) is 1. The molecule has 6 nitrogen and oxygen atoms in total. The van der Waals surface area contributed by atoms with Crippen LogP contribution in [0.4, 0.5) is 0 Å². The van der Waals surface area contributed by atoms with E-state index < -0.39 is 5.97 Å². The Kier molecular flexibility index (Phi) is 4.28. The van der Waals surface area contributed by atoms with E-state index in [1.165, 1.54) is 18.0 Å². The molecule has 100 valence electrons. The predicted molar refractivity (Wildman–Crippen MR) is 73.6 cm³/mol. The number of nitrogens with zero attached hydrogens (tertiary/aromatic N) is 2. The van der Waals surface area contributed by atoms with Gasteiger partial charge in [0.15, 0.2) is 0 Å². The molecule has 0 saturated carbocycles. The predicted octanol–water partition coefficient (Wildman–Crippen LogP) is 1.46. The van der Waals surface area contributed by atoms with Crippen molar-refractivity contribution in [3.8, 4) is 0 Å². The van der Waals surface area contributed by atoms with Gasteiger partial charge in [0, 0.05) is 11.6 Å². The molecular weight excluding hydrogens is 288 g/mol. The lowest BCUT2D eigenvalue weighted by molar-refractivity contribution is -0.138. The minimum absolute atomic E-state index is 0.114. The van der Waals surface area contributed by atoms with Crippen LogP contribution < -0.4 is 11.1 Å². The van der Waals surface area contributed by atoms with Crippen molar-refractivity contribution in [3.63, 3.8) is 0 Å². The van der Waals surface area contributed by atoms with Crippen molar-refractivity contribution < 1.29 is 9.53 Å². The highest BCUT2D eigenvalue weighted by atomic mass is 35.5. The van der Waals surface area contributed by atoms with Crippen molar-refractivity contribution in [2.24, 2.45) is 5.73 Å². The van der Waals surface area contributed by atoms with Gasteiger partial charge in [0.2, 0.25) is 5.28 Å². The van der Waals surface area contributed by atoms with Gasteiger partial charge in [-0.1, -0.05) is 11.8 Å². The van der Waals surface area contributed by atoms with E-state index in [1.807, 2.05) is 0 Å². The Labute approximate surface area is 119 Å². The number of carbonyl (C=O) groups is 1. The fraction of sp³-hybridized carbons (Fsp3) is 0.182. The molecule has 1 aromatic heterocycles. The number of halogens is 1. The minimum atomic E-state index is -0.418. The molecule has 1 aliphatic heterocycles. The summed E-state index contributed by atoms with van der Waals surface area (Å²) in [5.41, 5.74) is 7.21. The zero-order valence-electron chi connectivity index (χ0n) is 10.0. The Morgan fingerprint density at radius 1 is 1.63 bits per heavy atom. The first-order chi connectivity index (χ1) is 9.11. The fourth-order valence-electron chi connectivity index (χ4n) is 1.34. The molecule has 0 saturated heterocycles. The number of hydrogen-bond donors (Lipinski definition) is 2. The highest BCUT2D eigenvalue weighted by molar-refractivity contribution is 8.06. The quantitative estimate of drug-likeness (QED) is 0.645. The second-order valence-corrected chi connectivity index (χ2v) is 4.67. The van der Waals surface area contributed by atoms with Crippen LogP contribution in [-0.2, 0) is 9.53 Å². The third kappa shape index (κ3) is 3.18. The zero-order valence-corrected chi connectivity index (χ0v) is 11.6. The molecule has 0 amide bonds. The van der Waals surface area contributed by atoms with Crippen LogP contribution in [0, 0.1) is 0 Å². The summed E-state index contributed by atoms with van der Waals surface area (Å²) in [6.07, 6.45) is 1.51. The molecule has 8 heteroatoms. The number of carbonyl (C=O) groups excluding carboxylic acids is 1. The molecule has 0 aromatic carbocycles. The molecule has 0 fully saturated rings. The van der Waals surface area contributed by atoms with Gasteiger partial charge in [-0.25, -0.2) is 14.8 Å². The van der Waals surface area contributed by atoms with E-state index in [0.717, 1.165) is 0 Å². The average Bonchev–Trinajstić information content (AvgIpc) is 2.88. The fourth-order valence-corrected chi connectivity index (χ4v) is 2.28. The van der Waals surface area contributed by atoms with E-state index in [1.54, 1.807) is 18.4 Å².